The van der Waals surface area contributed by atoms with Crippen LogP contribution in [0.5, 0.6) is 0 Å². The molecule has 7 rings (SSSR count). The van der Waals surface area contributed by atoms with Gasteiger partial charge >= 0.3 is 0 Å². The summed E-state index contributed by atoms with van der Waals surface area (Å²) in [5.41, 5.74) is 5.53. The van der Waals surface area contributed by atoms with Gasteiger partial charge in [-0.1, -0.05) is 86.6 Å². The SMILES string of the molecule is CCc1c2ccccc2c(CC)c2cc(-c3ccc(-c4ccc(-c5ccc6ccccc6c5)s4)s3)ccc12. The van der Waals surface area contributed by atoms with E-state index in [0.717, 1.165) is 12.8 Å². The van der Waals surface area contributed by atoms with Crippen LogP contribution in [0.2, 0.25) is 0 Å². The first-order valence-corrected chi connectivity index (χ1v) is 15.0. The largest absolute Gasteiger partial charge is 0.134 e. The summed E-state index contributed by atoms with van der Waals surface area (Å²) < 4.78 is 0. The summed E-state index contributed by atoms with van der Waals surface area (Å²) in [7, 11) is 0. The number of aryl methyl sites for hydroxylation is 2. The zero-order chi connectivity index (χ0) is 25.6. The molecule has 5 aromatic carbocycles. The molecule has 0 radical (unpaired) electrons. The van der Waals surface area contributed by atoms with Crippen molar-refractivity contribution in [3.8, 4) is 30.6 Å². The average molecular weight is 525 g/mol. The topological polar surface area (TPSA) is 0 Å². The van der Waals surface area contributed by atoms with Crippen molar-refractivity contribution in [1.29, 1.82) is 0 Å². The van der Waals surface area contributed by atoms with Crippen LogP contribution in [-0.2, 0) is 12.8 Å². The number of thiophene rings is 2. The van der Waals surface area contributed by atoms with Crippen molar-refractivity contribution in [2.24, 2.45) is 0 Å². The first-order chi connectivity index (χ1) is 18.7. The lowest BCUT2D eigenvalue weighted by Crippen LogP contribution is -1.94. The summed E-state index contributed by atoms with van der Waals surface area (Å²) >= 11 is 3.78. The Morgan fingerprint density at radius 2 is 0.921 bits per heavy atom. The number of benzene rings is 5. The first-order valence-electron chi connectivity index (χ1n) is 13.4. The second-order valence-corrected chi connectivity index (χ2v) is 12.0. The third-order valence-electron chi connectivity index (χ3n) is 7.73. The molecule has 2 heteroatoms. The zero-order valence-corrected chi connectivity index (χ0v) is 23.3. The van der Waals surface area contributed by atoms with Crippen LogP contribution in [0.1, 0.15) is 25.0 Å². The van der Waals surface area contributed by atoms with E-state index in [2.05, 4.69) is 123 Å². The zero-order valence-electron chi connectivity index (χ0n) is 21.6. The van der Waals surface area contributed by atoms with Crippen molar-refractivity contribution >= 4 is 55.0 Å². The van der Waals surface area contributed by atoms with Gasteiger partial charge in [0.05, 0.1) is 0 Å². The Balaban J connectivity index is 1.27. The van der Waals surface area contributed by atoms with Crippen LogP contribution in [0.15, 0.2) is 109 Å². The van der Waals surface area contributed by atoms with Crippen molar-refractivity contribution in [2.45, 2.75) is 26.7 Å². The fraction of sp³-hybridized carbons (Fsp3) is 0.111. The molecule has 0 aliphatic rings. The molecule has 2 heterocycles. The Morgan fingerprint density at radius 1 is 0.421 bits per heavy atom. The molecule has 0 bridgehead atoms. The lowest BCUT2D eigenvalue weighted by atomic mass is 9.88. The van der Waals surface area contributed by atoms with E-state index in [-0.39, 0.29) is 0 Å². The quantitative estimate of drug-likeness (QED) is 0.196. The molecule has 0 fully saturated rings. The van der Waals surface area contributed by atoms with Crippen LogP contribution in [-0.4, -0.2) is 0 Å². The van der Waals surface area contributed by atoms with Gasteiger partial charge in [-0.15, -0.1) is 22.7 Å². The molecule has 0 atom stereocenters. The minimum absolute atomic E-state index is 1.03. The van der Waals surface area contributed by atoms with Gasteiger partial charge in [-0.3, -0.25) is 0 Å². The van der Waals surface area contributed by atoms with Gasteiger partial charge in [0.1, 0.15) is 0 Å². The highest BCUT2D eigenvalue weighted by molar-refractivity contribution is 7.25. The van der Waals surface area contributed by atoms with E-state index >= 15 is 0 Å². The highest BCUT2D eigenvalue weighted by Gasteiger charge is 2.14. The molecule has 0 spiro atoms. The molecule has 0 saturated carbocycles. The lowest BCUT2D eigenvalue weighted by molar-refractivity contribution is 1.15. The predicted octanol–water partition coefficient (Wildman–Crippen LogP) is 11.4. The fourth-order valence-electron chi connectivity index (χ4n) is 5.87. The second-order valence-electron chi connectivity index (χ2n) is 9.86. The van der Waals surface area contributed by atoms with E-state index in [0.29, 0.717) is 0 Å². The minimum Gasteiger partial charge on any atom is -0.134 e. The Bertz CT molecular complexity index is 1950. The monoisotopic (exact) mass is 524 g/mol. The summed E-state index contributed by atoms with van der Waals surface area (Å²) in [6.45, 7) is 4.56. The Labute approximate surface area is 231 Å². The third kappa shape index (κ3) is 3.88. The van der Waals surface area contributed by atoms with Crippen LogP contribution in [0, 0.1) is 0 Å². The van der Waals surface area contributed by atoms with Crippen molar-refractivity contribution in [3.63, 3.8) is 0 Å². The summed E-state index contributed by atoms with van der Waals surface area (Å²) in [5, 5.41) is 8.21. The Morgan fingerprint density at radius 3 is 1.58 bits per heavy atom. The van der Waals surface area contributed by atoms with Crippen LogP contribution < -0.4 is 0 Å². The maximum Gasteiger partial charge on any atom is 0.0449 e. The van der Waals surface area contributed by atoms with E-state index in [1.807, 2.05) is 22.7 Å². The molecular weight excluding hydrogens is 497 g/mol. The summed E-state index contributed by atoms with van der Waals surface area (Å²) in [5.74, 6) is 0. The van der Waals surface area contributed by atoms with Gasteiger partial charge in [0.2, 0.25) is 0 Å². The molecule has 0 amide bonds. The Hall–Kier alpha value is -3.72. The number of fused-ring (bicyclic) bond motifs is 3. The summed E-state index contributed by atoms with van der Waals surface area (Å²) in [6.07, 6.45) is 2.08. The smallest absolute Gasteiger partial charge is 0.0449 e. The van der Waals surface area contributed by atoms with E-state index in [9.17, 15) is 0 Å². The number of rotatable bonds is 5. The van der Waals surface area contributed by atoms with Gasteiger partial charge < -0.3 is 0 Å². The van der Waals surface area contributed by atoms with E-state index in [1.54, 1.807) is 0 Å². The van der Waals surface area contributed by atoms with Crippen LogP contribution in [0.3, 0.4) is 0 Å². The van der Waals surface area contributed by atoms with Gasteiger partial charge in [0, 0.05) is 19.5 Å². The minimum atomic E-state index is 1.03. The molecule has 7 aromatic rings. The van der Waals surface area contributed by atoms with Crippen LogP contribution in [0.4, 0.5) is 0 Å². The fourth-order valence-corrected chi connectivity index (χ4v) is 7.96. The molecule has 0 aliphatic heterocycles. The molecule has 0 nitrogen and oxygen atoms in total. The van der Waals surface area contributed by atoms with Crippen molar-refractivity contribution < 1.29 is 0 Å². The average Bonchev–Trinajstić information content (AvgIpc) is 3.66. The van der Waals surface area contributed by atoms with E-state index in [1.165, 1.54) is 74.1 Å². The number of hydrogen-bond donors (Lipinski definition) is 0. The van der Waals surface area contributed by atoms with Crippen LogP contribution >= 0.6 is 22.7 Å². The molecule has 2 aromatic heterocycles. The van der Waals surface area contributed by atoms with Gasteiger partial charge in [-0.05, 0) is 104 Å². The molecule has 0 saturated heterocycles. The number of hydrogen-bond acceptors (Lipinski definition) is 2. The third-order valence-corrected chi connectivity index (χ3v) is 10.2. The summed E-state index contributed by atoms with van der Waals surface area (Å²) in [6, 6.07) is 40.5. The molecule has 0 N–H and O–H groups in total. The van der Waals surface area contributed by atoms with Crippen molar-refractivity contribution in [2.75, 3.05) is 0 Å². The predicted molar refractivity (Wildman–Crippen MR) is 170 cm³/mol. The molecular formula is C36H28S2. The van der Waals surface area contributed by atoms with Crippen molar-refractivity contribution in [1.82, 2.24) is 0 Å². The molecule has 184 valence electrons. The lowest BCUT2D eigenvalue weighted by Gasteiger charge is -2.16. The van der Waals surface area contributed by atoms with Crippen molar-refractivity contribution in [3.05, 3.63) is 120 Å². The maximum atomic E-state index is 2.43. The van der Waals surface area contributed by atoms with Gasteiger partial charge in [-0.2, -0.15) is 0 Å². The first kappa shape index (κ1) is 23.4. The van der Waals surface area contributed by atoms with E-state index in [4.69, 9.17) is 0 Å². The van der Waals surface area contributed by atoms with Gasteiger partial charge in [-0.25, -0.2) is 0 Å². The normalized spacial score (nSPS) is 11.6. The van der Waals surface area contributed by atoms with Gasteiger partial charge in [0.25, 0.3) is 0 Å². The standard InChI is InChI=1S/C36H28S2/c1-3-27-29-11-7-8-12-30(29)28(4-2)32-22-26(15-16-31(27)32)34-18-20-36(38-34)35-19-17-33(37-35)25-14-13-23-9-5-6-10-24(23)21-25/h5-22H,3-4H2,1-2H3. The highest BCUT2D eigenvalue weighted by Crippen LogP contribution is 2.42. The molecule has 0 unspecified atom stereocenters. The maximum absolute atomic E-state index is 2.43. The Kier molecular flexibility index (Phi) is 5.88. The van der Waals surface area contributed by atoms with E-state index < -0.39 is 0 Å². The molecule has 0 aliphatic carbocycles. The van der Waals surface area contributed by atoms with Crippen LogP contribution in [0.25, 0.3) is 63.0 Å². The van der Waals surface area contributed by atoms with Gasteiger partial charge in [0.15, 0.2) is 0 Å². The summed E-state index contributed by atoms with van der Waals surface area (Å²) in [4.78, 5) is 5.31. The highest BCUT2D eigenvalue weighted by atomic mass is 32.1. The molecule has 38 heavy (non-hydrogen) atoms. The second kappa shape index (κ2) is 9.54.